The Balaban J connectivity index is 2.46. The van der Waals surface area contributed by atoms with Crippen molar-refractivity contribution in [3.63, 3.8) is 0 Å². The van der Waals surface area contributed by atoms with Gasteiger partial charge in [-0.2, -0.15) is 10.4 Å². The van der Waals surface area contributed by atoms with Crippen LogP contribution in [0.4, 0.5) is 5.69 Å². The minimum atomic E-state index is -0.377. The monoisotopic (exact) mass is 267 g/mol. The largest absolute Gasteiger partial charge is 0.496 e. The van der Waals surface area contributed by atoms with E-state index in [2.05, 4.69) is 10.5 Å². The quantitative estimate of drug-likeness (QED) is 0.447. The van der Waals surface area contributed by atoms with Crippen molar-refractivity contribution < 1.29 is 4.74 Å². The number of anilines is 1. The summed E-state index contributed by atoms with van der Waals surface area (Å²) in [6.07, 6.45) is 0. The van der Waals surface area contributed by atoms with Gasteiger partial charge in [0.05, 0.1) is 12.8 Å². The van der Waals surface area contributed by atoms with Gasteiger partial charge in [-0.3, -0.25) is 10.8 Å². The van der Waals surface area contributed by atoms with Crippen molar-refractivity contribution in [2.75, 3.05) is 12.5 Å². The maximum Gasteiger partial charge on any atom is 0.201 e. The summed E-state index contributed by atoms with van der Waals surface area (Å²) in [5.74, 6) is 0.375. The van der Waals surface area contributed by atoms with Crippen molar-refractivity contribution in [1.29, 1.82) is 10.7 Å². The Bertz CT molecular complexity index is 730. The van der Waals surface area contributed by atoms with E-state index in [9.17, 15) is 0 Å². The molecule has 0 spiro atoms. The lowest BCUT2D eigenvalue weighted by Crippen LogP contribution is -2.21. The lowest BCUT2D eigenvalue weighted by Gasteiger charge is -2.09. The lowest BCUT2D eigenvalue weighted by molar-refractivity contribution is 0.420. The molecule has 0 bridgehead atoms. The van der Waals surface area contributed by atoms with Crippen molar-refractivity contribution in [3.05, 3.63) is 36.4 Å². The number of nitriles is 1. The van der Waals surface area contributed by atoms with Crippen molar-refractivity contribution in [2.45, 2.75) is 0 Å². The summed E-state index contributed by atoms with van der Waals surface area (Å²) < 4.78 is 5.30. The van der Waals surface area contributed by atoms with Gasteiger partial charge >= 0.3 is 0 Å². The number of amidine groups is 1. The molecule has 2 aromatic rings. The number of hydrogen-bond donors (Lipinski definition) is 3. The molecule has 0 amide bonds. The fraction of sp³-hybridized carbons (Fsp3) is 0.0714. The van der Waals surface area contributed by atoms with Crippen LogP contribution in [0.15, 0.2) is 41.5 Å². The zero-order valence-electron chi connectivity index (χ0n) is 10.8. The summed E-state index contributed by atoms with van der Waals surface area (Å²) in [5.41, 5.74) is 8.54. The van der Waals surface area contributed by atoms with Crippen LogP contribution in [0.5, 0.6) is 5.75 Å². The number of nitrogens with one attached hydrogen (secondary N) is 2. The second-order valence-electron chi connectivity index (χ2n) is 3.96. The standard InChI is InChI=1S/C14H13N5O/c1-20-13-7-3-4-9-10(13)5-2-6-11(9)18-19-12(8-15)14(16)17/h2-7,18H,1H3,(H3,16,17)/b19-12+. The summed E-state index contributed by atoms with van der Waals surface area (Å²) >= 11 is 0. The number of fused-ring (bicyclic) bond motifs is 1. The van der Waals surface area contributed by atoms with Gasteiger partial charge in [0.2, 0.25) is 5.71 Å². The van der Waals surface area contributed by atoms with Gasteiger partial charge in [-0.1, -0.05) is 24.3 Å². The van der Waals surface area contributed by atoms with Crippen LogP contribution in [0.1, 0.15) is 0 Å². The van der Waals surface area contributed by atoms with Crippen LogP contribution in [-0.4, -0.2) is 18.7 Å². The highest BCUT2D eigenvalue weighted by molar-refractivity contribution is 6.45. The first kappa shape index (κ1) is 13.4. The van der Waals surface area contributed by atoms with Crippen LogP contribution in [-0.2, 0) is 0 Å². The Labute approximate surface area is 116 Å². The molecule has 0 unspecified atom stereocenters. The third kappa shape index (κ3) is 2.52. The highest BCUT2D eigenvalue weighted by Gasteiger charge is 2.06. The molecule has 0 saturated carbocycles. The van der Waals surface area contributed by atoms with Gasteiger partial charge in [0.25, 0.3) is 0 Å². The van der Waals surface area contributed by atoms with Crippen molar-refractivity contribution in [1.82, 2.24) is 0 Å². The SMILES string of the molecule is COc1cccc2c(N/N=C(\C#N)C(=N)N)cccc12. The number of hydrazone groups is 1. The van der Waals surface area contributed by atoms with Gasteiger partial charge in [0.1, 0.15) is 11.8 Å². The third-order valence-corrected chi connectivity index (χ3v) is 2.75. The van der Waals surface area contributed by atoms with E-state index in [0.717, 1.165) is 16.5 Å². The number of benzene rings is 2. The van der Waals surface area contributed by atoms with Gasteiger partial charge in [0, 0.05) is 10.8 Å². The van der Waals surface area contributed by atoms with Gasteiger partial charge in [-0.25, -0.2) is 0 Å². The zero-order chi connectivity index (χ0) is 14.5. The van der Waals surface area contributed by atoms with E-state index in [-0.39, 0.29) is 11.5 Å². The molecular weight excluding hydrogens is 254 g/mol. The summed E-state index contributed by atoms with van der Waals surface area (Å²) in [6, 6.07) is 13.0. The number of nitrogens with two attached hydrogens (primary N) is 1. The van der Waals surface area contributed by atoms with Gasteiger partial charge in [0.15, 0.2) is 5.84 Å². The summed E-state index contributed by atoms with van der Waals surface area (Å²) in [5, 5.41) is 21.7. The fourth-order valence-corrected chi connectivity index (χ4v) is 1.82. The van der Waals surface area contributed by atoms with Crippen LogP contribution in [0.3, 0.4) is 0 Å². The number of nitrogens with zero attached hydrogens (tertiary/aromatic N) is 2. The first-order valence-corrected chi connectivity index (χ1v) is 5.81. The Morgan fingerprint density at radius 2 is 2.00 bits per heavy atom. The molecular formula is C14H13N5O. The average molecular weight is 267 g/mol. The summed E-state index contributed by atoms with van der Waals surface area (Å²) in [4.78, 5) is 0. The number of methoxy groups -OCH3 is 1. The number of rotatable bonds is 4. The number of ether oxygens (including phenoxy) is 1. The molecule has 4 N–H and O–H groups in total. The normalized spacial score (nSPS) is 10.9. The minimum absolute atomic E-state index is 0.162. The third-order valence-electron chi connectivity index (χ3n) is 2.75. The van der Waals surface area contributed by atoms with E-state index >= 15 is 0 Å². The van der Waals surface area contributed by atoms with Crippen LogP contribution < -0.4 is 15.9 Å². The molecule has 0 atom stereocenters. The molecule has 0 saturated heterocycles. The topological polar surface area (TPSA) is 107 Å². The summed E-state index contributed by atoms with van der Waals surface area (Å²) in [6.45, 7) is 0. The maximum absolute atomic E-state index is 8.81. The van der Waals surface area contributed by atoms with Gasteiger partial charge in [-0.15, -0.1) is 0 Å². The zero-order valence-corrected chi connectivity index (χ0v) is 10.8. The van der Waals surface area contributed by atoms with E-state index in [1.54, 1.807) is 13.2 Å². The molecule has 100 valence electrons. The smallest absolute Gasteiger partial charge is 0.201 e. The molecule has 0 aliphatic carbocycles. The second-order valence-corrected chi connectivity index (χ2v) is 3.96. The molecule has 0 aliphatic heterocycles. The molecule has 20 heavy (non-hydrogen) atoms. The molecule has 0 radical (unpaired) electrons. The maximum atomic E-state index is 8.81. The van der Waals surface area contributed by atoms with Crippen LogP contribution in [0, 0.1) is 16.7 Å². The van der Waals surface area contributed by atoms with E-state index in [1.165, 1.54) is 0 Å². The molecule has 6 heteroatoms. The number of hydrogen-bond acceptors (Lipinski definition) is 5. The van der Waals surface area contributed by atoms with Crippen LogP contribution in [0.25, 0.3) is 10.8 Å². The predicted molar refractivity (Wildman–Crippen MR) is 79.1 cm³/mol. The van der Waals surface area contributed by atoms with Crippen molar-refractivity contribution >= 4 is 28.0 Å². The summed E-state index contributed by atoms with van der Waals surface area (Å²) in [7, 11) is 1.61. The van der Waals surface area contributed by atoms with Gasteiger partial charge < -0.3 is 10.5 Å². The lowest BCUT2D eigenvalue weighted by atomic mass is 10.1. The predicted octanol–water partition coefficient (Wildman–Crippen LogP) is 2.08. The molecule has 0 fully saturated rings. The fourth-order valence-electron chi connectivity index (χ4n) is 1.82. The van der Waals surface area contributed by atoms with E-state index < -0.39 is 0 Å². The van der Waals surface area contributed by atoms with E-state index in [1.807, 2.05) is 36.4 Å². The van der Waals surface area contributed by atoms with E-state index in [0.29, 0.717) is 5.69 Å². The molecule has 2 aromatic carbocycles. The Kier molecular flexibility index (Phi) is 3.82. The molecule has 0 aliphatic rings. The van der Waals surface area contributed by atoms with Crippen molar-refractivity contribution in [2.24, 2.45) is 10.8 Å². The van der Waals surface area contributed by atoms with E-state index in [4.69, 9.17) is 21.1 Å². The Morgan fingerprint density at radius 1 is 1.30 bits per heavy atom. The molecule has 2 rings (SSSR count). The Hall–Kier alpha value is -3.07. The first-order valence-electron chi connectivity index (χ1n) is 5.81. The first-order chi connectivity index (χ1) is 9.67. The average Bonchev–Trinajstić information content (AvgIpc) is 2.47. The highest BCUT2D eigenvalue weighted by atomic mass is 16.5. The Morgan fingerprint density at radius 3 is 2.65 bits per heavy atom. The second kappa shape index (κ2) is 5.71. The molecule has 0 aromatic heterocycles. The van der Waals surface area contributed by atoms with Crippen LogP contribution in [0.2, 0.25) is 0 Å². The van der Waals surface area contributed by atoms with Crippen LogP contribution >= 0.6 is 0 Å². The minimum Gasteiger partial charge on any atom is -0.496 e. The highest BCUT2D eigenvalue weighted by Crippen LogP contribution is 2.30. The molecule has 0 heterocycles. The molecule has 6 nitrogen and oxygen atoms in total. The van der Waals surface area contributed by atoms with Crippen molar-refractivity contribution in [3.8, 4) is 11.8 Å². The van der Waals surface area contributed by atoms with Gasteiger partial charge in [-0.05, 0) is 12.1 Å².